The van der Waals surface area contributed by atoms with E-state index in [2.05, 4.69) is 276 Å². The Morgan fingerprint density at radius 1 is 0.474 bits per heavy atom. The summed E-state index contributed by atoms with van der Waals surface area (Å²) in [4.78, 5) is 5.28. The van der Waals surface area contributed by atoms with Gasteiger partial charge in [-0.25, -0.2) is 0 Å². The third-order valence-electron chi connectivity index (χ3n) is 18.0. The summed E-state index contributed by atoms with van der Waals surface area (Å²) in [7, 11) is 0. The van der Waals surface area contributed by atoms with Crippen LogP contribution in [0.25, 0.3) is 43.5 Å². The Kier molecular flexibility index (Phi) is 10.5. The molecule has 1 aromatic heterocycles. The lowest BCUT2D eigenvalue weighted by Gasteiger charge is -2.43. The van der Waals surface area contributed by atoms with E-state index in [1.807, 2.05) is 11.3 Å². The summed E-state index contributed by atoms with van der Waals surface area (Å²) in [5.41, 5.74) is 31.0. The SMILES string of the molecule is Cc1cc2c3c(c1)N(c1ccc(C(C)(C)C)cc1)c1c(sc4cc5c(cc14)-c1ccc(C)cc1C51c4ccccc4-c4ccccc41)B3c1ccc(-c3c(C(C)(C)C)cccc3C(C)(C)C)cc1N2c1ccc(C(C)C)cc1. The van der Waals surface area contributed by atoms with Gasteiger partial charge in [0.05, 0.1) is 11.1 Å². The number of hydrogen-bond acceptors (Lipinski definition) is 3. The minimum absolute atomic E-state index is 0.0171. The van der Waals surface area contributed by atoms with Gasteiger partial charge >= 0.3 is 0 Å². The molecule has 4 heteroatoms. The van der Waals surface area contributed by atoms with E-state index in [0.717, 1.165) is 0 Å². The van der Waals surface area contributed by atoms with E-state index in [1.54, 1.807) is 0 Å². The Hall–Kier alpha value is -7.40. The number of rotatable bonds is 4. The fourth-order valence-electron chi connectivity index (χ4n) is 14.3. The summed E-state index contributed by atoms with van der Waals surface area (Å²) in [5, 5.41) is 1.31. The Morgan fingerprint density at radius 3 is 1.67 bits per heavy atom. The lowest BCUT2D eigenvalue weighted by Crippen LogP contribution is -2.60. The van der Waals surface area contributed by atoms with Crippen LogP contribution < -0.4 is 25.5 Å². The minimum Gasteiger partial charge on any atom is -0.311 e. The molecule has 4 aliphatic rings. The van der Waals surface area contributed by atoms with Crippen molar-refractivity contribution in [3.8, 4) is 33.4 Å². The van der Waals surface area contributed by atoms with E-state index in [1.165, 1.54) is 149 Å². The topological polar surface area (TPSA) is 6.48 Å². The van der Waals surface area contributed by atoms with Crippen molar-refractivity contribution in [2.45, 2.75) is 118 Å². The van der Waals surface area contributed by atoms with Crippen LogP contribution in [0.4, 0.5) is 34.1 Å². The summed E-state index contributed by atoms with van der Waals surface area (Å²) in [5.74, 6) is 0.428. The van der Waals surface area contributed by atoms with Crippen LogP contribution in [0.3, 0.4) is 0 Å². The zero-order valence-electron chi connectivity index (χ0n) is 47.7. The highest BCUT2D eigenvalue weighted by molar-refractivity contribution is 7.33. The standard InChI is InChI=1S/C74H69BN2S/c1-43(2)46-26-31-49(32-27-46)76-63-40-47(67-58(72(8,9)10)23-18-24-59(67)73(11,12)13)28-36-62(63)75-68-64(76)38-45(4)39-65(68)77(50-33-29-48(30-34-50)71(5,6)7)69-55-41-54-53-35-25-44(3)37-60(53)74(61(54)42-66(55)78-70(69)75)56-21-16-14-19-51(56)52-20-15-17-22-57(52)74/h14-43H,1-13H3. The molecule has 0 saturated heterocycles. The first-order valence-electron chi connectivity index (χ1n) is 28.4. The molecule has 3 heterocycles. The highest BCUT2D eigenvalue weighted by Gasteiger charge is 2.53. The van der Waals surface area contributed by atoms with Crippen LogP contribution in [0, 0.1) is 13.8 Å². The van der Waals surface area contributed by atoms with Gasteiger partial charge in [0.25, 0.3) is 6.71 Å². The smallest absolute Gasteiger partial charge is 0.264 e. The first-order chi connectivity index (χ1) is 37.2. The summed E-state index contributed by atoms with van der Waals surface area (Å²) in [6, 6.07) is 69.4. The molecule has 14 rings (SSSR count). The maximum absolute atomic E-state index is 2.66. The highest BCUT2D eigenvalue weighted by Crippen LogP contribution is 2.64. The van der Waals surface area contributed by atoms with Gasteiger partial charge < -0.3 is 9.80 Å². The van der Waals surface area contributed by atoms with E-state index in [9.17, 15) is 0 Å². The zero-order chi connectivity index (χ0) is 54.1. The fraction of sp³-hybridized carbons (Fsp3) is 0.243. The third-order valence-corrected chi connectivity index (χ3v) is 19.2. The summed E-state index contributed by atoms with van der Waals surface area (Å²) in [6.07, 6.45) is 0. The zero-order valence-corrected chi connectivity index (χ0v) is 48.5. The minimum atomic E-state index is -0.438. The van der Waals surface area contributed by atoms with Crippen molar-refractivity contribution in [2.75, 3.05) is 9.80 Å². The van der Waals surface area contributed by atoms with Crippen LogP contribution in [0.5, 0.6) is 0 Å². The number of hydrogen-bond donors (Lipinski definition) is 0. The van der Waals surface area contributed by atoms with E-state index >= 15 is 0 Å². The molecule has 0 atom stereocenters. The average molecular weight is 1030 g/mol. The number of thiophene rings is 1. The number of aryl methyl sites for hydroxylation is 2. The lowest BCUT2D eigenvalue weighted by molar-refractivity contribution is 0.572. The molecule has 0 N–H and O–H groups in total. The predicted octanol–water partition coefficient (Wildman–Crippen LogP) is 18.6. The van der Waals surface area contributed by atoms with Crippen molar-refractivity contribution < 1.29 is 0 Å². The molecule has 0 radical (unpaired) electrons. The van der Waals surface area contributed by atoms with Crippen LogP contribution in [-0.4, -0.2) is 6.71 Å². The number of fused-ring (bicyclic) bond motifs is 16. The quantitative estimate of drug-likeness (QED) is 0.162. The lowest BCUT2D eigenvalue weighted by atomic mass is 9.36. The van der Waals surface area contributed by atoms with Crippen molar-refractivity contribution in [2.24, 2.45) is 0 Å². The summed E-state index contributed by atoms with van der Waals surface area (Å²) < 4.78 is 2.72. The second-order valence-corrected chi connectivity index (χ2v) is 27.5. The molecule has 2 aliphatic heterocycles. The van der Waals surface area contributed by atoms with Gasteiger partial charge in [-0.3, -0.25) is 0 Å². The van der Waals surface area contributed by atoms with Gasteiger partial charge in [0.15, 0.2) is 0 Å². The maximum atomic E-state index is 2.66. The van der Waals surface area contributed by atoms with Gasteiger partial charge in [-0.05, 0) is 185 Å². The Morgan fingerprint density at radius 2 is 1.05 bits per heavy atom. The summed E-state index contributed by atoms with van der Waals surface area (Å²) in [6.45, 7) is 30.3. The first kappa shape index (κ1) is 48.9. The third kappa shape index (κ3) is 6.94. The molecule has 0 saturated carbocycles. The monoisotopic (exact) mass is 1030 g/mol. The maximum Gasteiger partial charge on any atom is 0.264 e. The second kappa shape index (κ2) is 16.8. The fourth-order valence-corrected chi connectivity index (χ4v) is 15.6. The molecule has 384 valence electrons. The molecule has 0 amide bonds. The van der Waals surface area contributed by atoms with E-state index in [-0.39, 0.29) is 23.0 Å². The van der Waals surface area contributed by atoms with E-state index in [4.69, 9.17) is 0 Å². The molecule has 9 aromatic carbocycles. The molecule has 2 aliphatic carbocycles. The van der Waals surface area contributed by atoms with E-state index < -0.39 is 5.41 Å². The average Bonchev–Trinajstić information content (AvgIpc) is 4.10. The van der Waals surface area contributed by atoms with Crippen molar-refractivity contribution >= 4 is 78.0 Å². The van der Waals surface area contributed by atoms with Crippen molar-refractivity contribution in [3.05, 3.63) is 232 Å². The molecule has 2 nitrogen and oxygen atoms in total. The molecule has 0 unspecified atom stereocenters. The van der Waals surface area contributed by atoms with Crippen LogP contribution >= 0.6 is 11.3 Å². The van der Waals surface area contributed by atoms with Crippen molar-refractivity contribution in [3.63, 3.8) is 0 Å². The molecule has 78 heavy (non-hydrogen) atoms. The van der Waals surface area contributed by atoms with Gasteiger partial charge in [-0.15, -0.1) is 11.3 Å². The van der Waals surface area contributed by atoms with Gasteiger partial charge in [0.2, 0.25) is 0 Å². The predicted molar refractivity (Wildman–Crippen MR) is 337 cm³/mol. The van der Waals surface area contributed by atoms with Crippen LogP contribution in [0.2, 0.25) is 0 Å². The van der Waals surface area contributed by atoms with Gasteiger partial charge in [0.1, 0.15) is 0 Å². The van der Waals surface area contributed by atoms with Gasteiger partial charge in [-0.2, -0.15) is 0 Å². The molecule has 1 spiro atoms. The molecule has 0 fully saturated rings. The van der Waals surface area contributed by atoms with Crippen molar-refractivity contribution in [1.29, 1.82) is 0 Å². The Balaban J connectivity index is 1.09. The molecular weight excluding hydrogens is 960 g/mol. The first-order valence-corrected chi connectivity index (χ1v) is 29.2. The second-order valence-electron chi connectivity index (χ2n) is 26.5. The molecular formula is C74H69BN2S. The number of benzene rings is 9. The van der Waals surface area contributed by atoms with Crippen LogP contribution in [-0.2, 0) is 21.7 Å². The molecule has 0 bridgehead atoms. The van der Waals surface area contributed by atoms with Gasteiger partial charge in [-0.1, -0.05) is 203 Å². The largest absolute Gasteiger partial charge is 0.311 e. The Bertz CT molecular complexity index is 4070. The number of nitrogens with zero attached hydrogens (tertiary/aromatic N) is 2. The van der Waals surface area contributed by atoms with E-state index in [0.29, 0.717) is 5.92 Å². The normalized spacial score (nSPS) is 14.6. The van der Waals surface area contributed by atoms with Crippen molar-refractivity contribution in [1.82, 2.24) is 0 Å². The van der Waals surface area contributed by atoms with Gasteiger partial charge in [0, 0.05) is 43.3 Å². The summed E-state index contributed by atoms with van der Waals surface area (Å²) >= 11 is 2.02. The highest BCUT2D eigenvalue weighted by atomic mass is 32.1. The van der Waals surface area contributed by atoms with Crippen LogP contribution in [0.1, 0.15) is 138 Å². The van der Waals surface area contributed by atoms with Crippen LogP contribution in [0.15, 0.2) is 176 Å². The number of anilines is 6. The molecule has 10 aromatic rings. The Labute approximate surface area is 467 Å².